The molecule has 0 aliphatic carbocycles. The van der Waals surface area contributed by atoms with Crippen LogP contribution in [0.5, 0.6) is 23.1 Å². The maximum atomic E-state index is 6.12. The molecule has 0 unspecified atom stereocenters. The fourth-order valence-electron chi connectivity index (χ4n) is 4.16. The SMILES string of the molecule is COc1cc2c(Oc3ccc4cccnc4c3)ncnc2cc1OCCCN1CCN(C)CC1. The van der Waals surface area contributed by atoms with Crippen molar-refractivity contribution in [3.05, 3.63) is 55.0 Å². The van der Waals surface area contributed by atoms with Crippen LogP contribution in [0.2, 0.25) is 0 Å². The number of nitrogens with zero attached hydrogens (tertiary/aromatic N) is 5. The largest absolute Gasteiger partial charge is 0.493 e. The molecule has 0 saturated carbocycles. The van der Waals surface area contributed by atoms with Gasteiger partial charge in [-0.3, -0.25) is 4.98 Å². The van der Waals surface area contributed by atoms with Gasteiger partial charge < -0.3 is 24.0 Å². The number of piperazine rings is 1. The van der Waals surface area contributed by atoms with Crippen molar-refractivity contribution in [2.24, 2.45) is 0 Å². The average Bonchev–Trinajstić information content (AvgIpc) is 2.87. The van der Waals surface area contributed by atoms with Gasteiger partial charge in [-0.2, -0.15) is 0 Å². The van der Waals surface area contributed by atoms with Crippen molar-refractivity contribution < 1.29 is 14.2 Å². The normalized spacial score (nSPS) is 15.0. The van der Waals surface area contributed by atoms with Gasteiger partial charge in [-0.05, 0) is 37.7 Å². The molecule has 34 heavy (non-hydrogen) atoms. The third-order valence-corrected chi connectivity index (χ3v) is 6.15. The Balaban J connectivity index is 1.30. The van der Waals surface area contributed by atoms with Crippen molar-refractivity contribution in [2.75, 3.05) is 53.5 Å². The molecule has 4 aromatic rings. The van der Waals surface area contributed by atoms with Crippen molar-refractivity contribution in [1.82, 2.24) is 24.8 Å². The second kappa shape index (κ2) is 10.2. The standard InChI is InChI=1S/C26H29N5O3/c1-30-10-12-31(13-11-30)9-4-14-33-25-17-23-21(16-24(25)32-2)26(29-18-28-23)34-20-7-6-19-5-3-8-27-22(19)15-20/h3,5-8,15-18H,4,9-14H2,1-2H3. The highest BCUT2D eigenvalue weighted by Crippen LogP contribution is 2.36. The van der Waals surface area contributed by atoms with Gasteiger partial charge in [0.2, 0.25) is 5.88 Å². The number of likely N-dealkylation sites (N-methyl/N-ethyl adjacent to an activating group) is 1. The minimum atomic E-state index is 0.459. The summed E-state index contributed by atoms with van der Waals surface area (Å²) in [4.78, 5) is 18.0. The Labute approximate surface area is 199 Å². The van der Waals surface area contributed by atoms with Crippen LogP contribution in [0.15, 0.2) is 55.0 Å². The molecule has 1 saturated heterocycles. The van der Waals surface area contributed by atoms with Gasteiger partial charge in [0.1, 0.15) is 12.1 Å². The number of ether oxygens (including phenoxy) is 3. The number of hydrogen-bond acceptors (Lipinski definition) is 8. The number of pyridine rings is 1. The molecule has 1 aliphatic heterocycles. The Morgan fingerprint density at radius 3 is 2.65 bits per heavy atom. The third kappa shape index (κ3) is 5.03. The second-order valence-electron chi connectivity index (χ2n) is 8.51. The molecule has 0 N–H and O–H groups in total. The molecule has 2 aromatic carbocycles. The third-order valence-electron chi connectivity index (χ3n) is 6.15. The summed E-state index contributed by atoms with van der Waals surface area (Å²) in [6.07, 6.45) is 4.23. The predicted molar refractivity (Wildman–Crippen MR) is 132 cm³/mol. The molecule has 1 fully saturated rings. The number of aromatic nitrogens is 3. The molecule has 8 heteroatoms. The lowest BCUT2D eigenvalue weighted by molar-refractivity contribution is 0.145. The zero-order chi connectivity index (χ0) is 23.3. The van der Waals surface area contributed by atoms with Gasteiger partial charge in [0.25, 0.3) is 0 Å². The highest BCUT2D eigenvalue weighted by molar-refractivity contribution is 5.87. The van der Waals surface area contributed by atoms with E-state index in [2.05, 4.69) is 31.8 Å². The minimum Gasteiger partial charge on any atom is -0.493 e. The zero-order valence-corrected chi connectivity index (χ0v) is 19.6. The van der Waals surface area contributed by atoms with Gasteiger partial charge in [-0.15, -0.1) is 0 Å². The van der Waals surface area contributed by atoms with Crippen LogP contribution in [0, 0.1) is 0 Å². The number of methoxy groups -OCH3 is 1. The molecule has 8 nitrogen and oxygen atoms in total. The number of fused-ring (bicyclic) bond motifs is 2. The van der Waals surface area contributed by atoms with E-state index in [1.165, 1.54) is 6.33 Å². The predicted octanol–water partition coefficient (Wildman–Crippen LogP) is 4.00. The van der Waals surface area contributed by atoms with Crippen molar-refractivity contribution >= 4 is 21.8 Å². The van der Waals surface area contributed by atoms with Crippen LogP contribution in [-0.4, -0.2) is 78.2 Å². The number of benzene rings is 2. The van der Waals surface area contributed by atoms with Crippen LogP contribution in [-0.2, 0) is 0 Å². The first-order valence-corrected chi connectivity index (χ1v) is 11.6. The van der Waals surface area contributed by atoms with E-state index < -0.39 is 0 Å². The molecule has 2 aromatic heterocycles. The topological polar surface area (TPSA) is 72.8 Å². The highest BCUT2D eigenvalue weighted by atomic mass is 16.5. The monoisotopic (exact) mass is 459 g/mol. The van der Waals surface area contributed by atoms with Crippen LogP contribution in [0.1, 0.15) is 6.42 Å². The minimum absolute atomic E-state index is 0.459. The summed E-state index contributed by atoms with van der Waals surface area (Å²) in [5, 5.41) is 1.81. The molecule has 0 amide bonds. The van der Waals surface area contributed by atoms with Gasteiger partial charge in [-0.25, -0.2) is 9.97 Å². The first kappa shape index (κ1) is 22.3. The summed E-state index contributed by atoms with van der Waals surface area (Å²) in [5.74, 6) is 2.43. The average molecular weight is 460 g/mol. The summed E-state index contributed by atoms with van der Waals surface area (Å²) < 4.78 is 17.8. The van der Waals surface area contributed by atoms with Crippen LogP contribution in [0.3, 0.4) is 0 Å². The maximum absolute atomic E-state index is 6.12. The summed E-state index contributed by atoms with van der Waals surface area (Å²) in [7, 11) is 3.81. The second-order valence-corrected chi connectivity index (χ2v) is 8.51. The van der Waals surface area contributed by atoms with E-state index >= 15 is 0 Å². The van der Waals surface area contributed by atoms with E-state index in [-0.39, 0.29) is 0 Å². The van der Waals surface area contributed by atoms with Gasteiger partial charge in [0, 0.05) is 56.4 Å². The molecule has 176 valence electrons. The van der Waals surface area contributed by atoms with E-state index in [1.54, 1.807) is 13.3 Å². The molecule has 0 atom stereocenters. The van der Waals surface area contributed by atoms with Crippen LogP contribution in [0.25, 0.3) is 21.8 Å². The first-order chi connectivity index (χ1) is 16.7. The summed E-state index contributed by atoms with van der Waals surface area (Å²) in [5.41, 5.74) is 1.60. The molecule has 0 spiro atoms. The molecule has 5 rings (SSSR count). The van der Waals surface area contributed by atoms with Crippen LogP contribution < -0.4 is 14.2 Å². The molecule has 0 radical (unpaired) electrons. The molecule has 0 bridgehead atoms. The summed E-state index contributed by atoms with van der Waals surface area (Å²) in [6, 6.07) is 13.5. The van der Waals surface area contributed by atoms with Gasteiger partial charge in [0.05, 0.1) is 30.1 Å². The summed E-state index contributed by atoms with van der Waals surface area (Å²) >= 11 is 0. The molecule has 1 aliphatic rings. The molecular formula is C26H29N5O3. The van der Waals surface area contributed by atoms with Crippen molar-refractivity contribution in [1.29, 1.82) is 0 Å². The number of hydrogen-bond donors (Lipinski definition) is 0. The first-order valence-electron chi connectivity index (χ1n) is 11.6. The van der Waals surface area contributed by atoms with E-state index in [4.69, 9.17) is 14.2 Å². The number of rotatable bonds is 8. The lowest BCUT2D eigenvalue weighted by atomic mass is 10.2. The Morgan fingerprint density at radius 2 is 1.79 bits per heavy atom. The van der Waals surface area contributed by atoms with E-state index in [9.17, 15) is 0 Å². The van der Waals surface area contributed by atoms with Crippen molar-refractivity contribution in [3.8, 4) is 23.1 Å². The summed E-state index contributed by atoms with van der Waals surface area (Å²) in [6.45, 7) is 6.13. The van der Waals surface area contributed by atoms with Crippen molar-refractivity contribution in [3.63, 3.8) is 0 Å². The van der Waals surface area contributed by atoms with E-state index in [0.717, 1.165) is 61.0 Å². The lowest BCUT2D eigenvalue weighted by Gasteiger charge is -2.32. The molecular weight excluding hydrogens is 430 g/mol. The lowest BCUT2D eigenvalue weighted by Crippen LogP contribution is -2.44. The van der Waals surface area contributed by atoms with Crippen LogP contribution >= 0.6 is 0 Å². The Hall–Kier alpha value is -3.49. The highest BCUT2D eigenvalue weighted by Gasteiger charge is 2.15. The van der Waals surface area contributed by atoms with Crippen LogP contribution in [0.4, 0.5) is 0 Å². The van der Waals surface area contributed by atoms with E-state index in [0.29, 0.717) is 29.7 Å². The Kier molecular flexibility index (Phi) is 6.69. The fraction of sp³-hybridized carbons (Fsp3) is 0.346. The Morgan fingerprint density at radius 1 is 0.912 bits per heavy atom. The van der Waals surface area contributed by atoms with Crippen molar-refractivity contribution in [2.45, 2.75) is 6.42 Å². The Bertz CT molecular complexity index is 1270. The van der Waals surface area contributed by atoms with Gasteiger partial charge in [-0.1, -0.05) is 6.07 Å². The fourth-order valence-corrected chi connectivity index (χ4v) is 4.16. The van der Waals surface area contributed by atoms with Gasteiger partial charge >= 0.3 is 0 Å². The zero-order valence-electron chi connectivity index (χ0n) is 19.6. The maximum Gasteiger partial charge on any atom is 0.230 e. The quantitative estimate of drug-likeness (QED) is 0.366. The van der Waals surface area contributed by atoms with E-state index in [1.807, 2.05) is 42.5 Å². The molecule has 3 heterocycles. The van der Waals surface area contributed by atoms with Gasteiger partial charge in [0.15, 0.2) is 11.5 Å². The smallest absolute Gasteiger partial charge is 0.230 e.